The number of phenolic OH excluding ortho intramolecular Hbond substituents is 1. The Kier molecular flexibility index (Phi) is 4.01. The van der Waals surface area contributed by atoms with E-state index in [0.717, 1.165) is 16.5 Å². The summed E-state index contributed by atoms with van der Waals surface area (Å²) >= 11 is 0. The van der Waals surface area contributed by atoms with Crippen molar-refractivity contribution in [3.05, 3.63) is 71.5 Å². The Bertz CT molecular complexity index is 886. The highest BCUT2D eigenvalue weighted by molar-refractivity contribution is 6.03. The zero-order valence-electron chi connectivity index (χ0n) is 12.5. The number of aromatic nitrogens is 1. The first-order chi connectivity index (χ1) is 11.1. The molecule has 0 radical (unpaired) electrons. The molecule has 3 rings (SSSR count). The Morgan fingerprint density at radius 1 is 1.17 bits per heavy atom. The Morgan fingerprint density at radius 3 is 2.78 bits per heavy atom. The fourth-order valence-corrected chi connectivity index (χ4v) is 2.24. The van der Waals surface area contributed by atoms with Crippen LogP contribution in [0.25, 0.3) is 10.8 Å². The molecule has 1 aromatic heterocycles. The summed E-state index contributed by atoms with van der Waals surface area (Å²) in [5.41, 5.74) is 4.26. The molecule has 0 aliphatic rings. The number of aryl methyl sites for hydroxylation is 1. The van der Waals surface area contributed by atoms with Gasteiger partial charge in [-0.25, -0.2) is 5.43 Å². The minimum absolute atomic E-state index is 0.110. The summed E-state index contributed by atoms with van der Waals surface area (Å²) in [6.07, 6.45) is 2.94. The highest BCUT2D eigenvalue weighted by atomic mass is 16.3. The molecule has 0 atom stereocenters. The van der Waals surface area contributed by atoms with Crippen LogP contribution in [0.15, 0.2) is 59.8 Å². The van der Waals surface area contributed by atoms with Gasteiger partial charge in [-0.1, -0.05) is 30.3 Å². The van der Waals surface area contributed by atoms with Crippen LogP contribution in [-0.2, 0) is 0 Å². The monoisotopic (exact) mass is 305 g/mol. The molecular weight excluding hydrogens is 290 g/mol. The predicted molar refractivity (Wildman–Crippen MR) is 89.6 cm³/mol. The molecule has 3 aromatic rings. The molecule has 114 valence electrons. The van der Waals surface area contributed by atoms with Gasteiger partial charge in [-0.3, -0.25) is 9.78 Å². The van der Waals surface area contributed by atoms with Crippen LogP contribution in [0.3, 0.4) is 0 Å². The third-order valence-electron chi connectivity index (χ3n) is 3.48. The van der Waals surface area contributed by atoms with E-state index in [1.54, 1.807) is 18.2 Å². The van der Waals surface area contributed by atoms with E-state index in [-0.39, 0.29) is 11.7 Å². The highest BCUT2D eigenvalue weighted by Crippen LogP contribution is 2.25. The van der Waals surface area contributed by atoms with Crippen molar-refractivity contribution in [2.75, 3.05) is 0 Å². The van der Waals surface area contributed by atoms with Gasteiger partial charge in [-0.15, -0.1) is 0 Å². The third-order valence-corrected chi connectivity index (χ3v) is 3.48. The SMILES string of the molecule is Cc1ccc(C(=O)N/N=C\c2c(O)ccc3ccccc23)cn1. The molecule has 0 saturated carbocycles. The van der Waals surface area contributed by atoms with Crippen LogP contribution < -0.4 is 5.43 Å². The maximum atomic E-state index is 12.0. The van der Waals surface area contributed by atoms with E-state index in [1.807, 2.05) is 37.3 Å². The average Bonchev–Trinajstić information content (AvgIpc) is 2.57. The van der Waals surface area contributed by atoms with Crippen LogP contribution in [0.1, 0.15) is 21.6 Å². The van der Waals surface area contributed by atoms with Crippen molar-refractivity contribution in [2.24, 2.45) is 5.10 Å². The molecule has 5 heteroatoms. The molecule has 0 aliphatic heterocycles. The molecule has 2 aromatic carbocycles. The predicted octanol–water partition coefficient (Wildman–Crippen LogP) is 3.01. The van der Waals surface area contributed by atoms with E-state index < -0.39 is 0 Å². The molecule has 0 unspecified atom stereocenters. The molecule has 1 heterocycles. The molecule has 0 fully saturated rings. The summed E-state index contributed by atoms with van der Waals surface area (Å²) in [5.74, 6) is -0.243. The van der Waals surface area contributed by atoms with Crippen molar-refractivity contribution >= 4 is 22.9 Å². The first-order valence-corrected chi connectivity index (χ1v) is 7.12. The number of carbonyl (C=O) groups excluding carboxylic acids is 1. The number of aromatic hydroxyl groups is 1. The summed E-state index contributed by atoms with van der Waals surface area (Å²) in [6, 6.07) is 14.5. The normalized spacial score (nSPS) is 11.0. The maximum absolute atomic E-state index is 12.0. The number of rotatable bonds is 3. The fraction of sp³-hybridized carbons (Fsp3) is 0.0556. The molecule has 0 aliphatic carbocycles. The number of amides is 1. The number of nitrogens with one attached hydrogen (secondary N) is 1. The van der Waals surface area contributed by atoms with Gasteiger partial charge in [-0.2, -0.15) is 5.10 Å². The number of nitrogens with zero attached hydrogens (tertiary/aromatic N) is 2. The molecule has 5 nitrogen and oxygen atoms in total. The van der Waals surface area contributed by atoms with Crippen LogP contribution in [-0.4, -0.2) is 22.2 Å². The van der Waals surface area contributed by atoms with Crippen molar-refractivity contribution in [2.45, 2.75) is 6.92 Å². The van der Waals surface area contributed by atoms with Crippen molar-refractivity contribution < 1.29 is 9.90 Å². The number of hydrogen-bond donors (Lipinski definition) is 2. The summed E-state index contributed by atoms with van der Waals surface area (Å²) in [4.78, 5) is 16.0. The summed E-state index contributed by atoms with van der Waals surface area (Å²) in [7, 11) is 0. The van der Waals surface area contributed by atoms with Crippen LogP contribution in [0.4, 0.5) is 0 Å². The lowest BCUT2D eigenvalue weighted by atomic mass is 10.0. The first-order valence-electron chi connectivity index (χ1n) is 7.12. The second-order valence-corrected chi connectivity index (χ2v) is 5.11. The van der Waals surface area contributed by atoms with Crippen molar-refractivity contribution in [1.29, 1.82) is 0 Å². The summed E-state index contributed by atoms with van der Waals surface area (Å²) in [5, 5.41) is 15.8. The second-order valence-electron chi connectivity index (χ2n) is 5.11. The van der Waals surface area contributed by atoms with Crippen molar-refractivity contribution in [3.8, 4) is 5.75 Å². The van der Waals surface area contributed by atoms with E-state index in [1.165, 1.54) is 12.4 Å². The lowest BCUT2D eigenvalue weighted by Crippen LogP contribution is -2.17. The van der Waals surface area contributed by atoms with Gasteiger partial charge in [0.2, 0.25) is 0 Å². The van der Waals surface area contributed by atoms with Crippen LogP contribution >= 0.6 is 0 Å². The van der Waals surface area contributed by atoms with Gasteiger partial charge in [0, 0.05) is 17.5 Å². The molecular formula is C18H15N3O2. The minimum atomic E-state index is -0.353. The zero-order chi connectivity index (χ0) is 16.2. The van der Waals surface area contributed by atoms with E-state index in [9.17, 15) is 9.90 Å². The Hall–Kier alpha value is -3.21. The van der Waals surface area contributed by atoms with Crippen LogP contribution in [0.2, 0.25) is 0 Å². The first kappa shape index (κ1) is 14.7. The number of hydrogen-bond acceptors (Lipinski definition) is 4. The number of pyridine rings is 1. The Labute approximate surface area is 133 Å². The molecule has 1 amide bonds. The standard InChI is InChI=1S/C18H15N3O2/c1-12-6-7-14(10-19-12)18(23)21-20-11-16-15-5-3-2-4-13(15)8-9-17(16)22/h2-11,22H,1H3,(H,21,23)/b20-11-. The smallest absolute Gasteiger partial charge is 0.272 e. The highest BCUT2D eigenvalue weighted by Gasteiger charge is 2.06. The van der Waals surface area contributed by atoms with Gasteiger partial charge in [0.05, 0.1) is 11.8 Å². The molecule has 0 saturated heterocycles. The van der Waals surface area contributed by atoms with E-state index in [2.05, 4.69) is 15.5 Å². The number of phenols is 1. The van der Waals surface area contributed by atoms with Gasteiger partial charge in [0.25, 0.3) is 5.91 Å². The van der Waals surface area contributed by atoms with Gasteiger partial charge in [0.15, 0.2) is 0 Å². The topological polar surface area (TPSA) is 74.6 Å². The van der Waals surface area contributed by atoms with Crippen LogP contribution in [0, 0.1) is 6.92 Å². The van der Waals surface area contributed by atoms with Gasteiger partial charge in [-0.05, 0) is 35.9 Å². The quantitative estimate of drug-likeness (QED) is 0.577. The van der Waals surface area contributed by atoms with Gasteiger partial charge < -0.3 is 5.11 Å². The lowest BCUT2D eigenvalue weighted by Gasteiger charge is -2.05. The zero-order valence-corrected chi connectivity index (χ0v) is 12.5. The molecule has 23 heavy (non-hydrogen) atoms. The number of benzene rings is 2. The van der Waals surface area contributed by atoms with E-state index >= 15 is 0 Å². The lowest BCUT2D eigenvalue weighted by molar-refractivity contribution is 0.0954. The molecule has 2 N–H and O–H groups in total. The molecule has 0 bridgehead atoms. The summed E-state index contributed by atoms with van der Waals surface area (Å²) in [6.45, 7) is 1.85. The minimum Gasteiger partial charge on any atom is -0.507 e. The Morgan fingerprint density at radius 2 is 2.00 bits per heavy atom. The fourth-order valence-electron chi connectivity index (χ4n) is 2.24. The molecule has 0 spiro atoms. The van der Waals surface area contributed by atoms with Crippen LogP contribution in [0.5, 0.6) is 5.75 Å². The Balaban J connectivity index is 1.82. The number of hydrazone groups is 1. The second kappa shape index (κ2) is 6.27. The van der Waals surface area contributed by atoms with E-state index in [0.29, 0.717) is 11.1 Å². The number of fused-ring (bicyclic) bond motifs is 1. The largest absolute Gasteiger partial charge is 0.507 e. The van der Waals surface area contributed by atoms with Crippen molar-refractivity contribution in [1.82, 2.24) is 10.4 Å². The maximum Gasteiger partial charge on any atom is 0.272 e. The van der Waals surface area contributed by atoms with Gasteiger partial charge >= 0.3 is 0 Å². The van der Waals surface area contributed by atoms with Crippen molar-refractivity contribution in [3.63, 3.8) is 0 Å². The van der Waals surface area contributed by atoms with Gasteiger partial charge in [0.1, 0.15) is 5.75 Å². The average molecular weight is 305 g/mol. The third kappa shape index (κ3) is 3.18. The number of carbonyl (C=O) groups is 1. The summed E-state index contributed by atoms with van der Waals surface area (Å²) < 4.78 is 0. The van der Waals surface area contributed by atoms with E-state index in [4.69, 9.17) is 0 Å².